The van der Waals surface area contributed by atoms with E-state index in [4.69, 9.17) is 11.5 Å². The summed E-state index contributed by atoms with van der Waals surface area (Å²) in [7, 11) is -2.35. The number of aromatic nitrogens is 1. The third-order valence-electron chi connectivity index (χ3n) is 4.20. The molecule has 0 spiro atoms. The van der Waals surface area contributed by atoms with Gasteiger partial charge < -0.3 is 16.0 Å². The fourth-order valence-corrected chi connectivity index (χ4v) is 3.04. The van der Waals surface area contributed by atoms with Crippen LogP contribution in [-0.2, 0) is 28.4 Å². The molecule has 1 aromatic heterocycles. The summed E-state index contributed by atoms with van der Waals surface area (Å²) in [5.41, 5.74) is 11.6. The molecule has 0 fully saturated rings. The van der Waals surface area contributed by atoms with Crippen LogP contribution in [-0.4, -0.2) is 29.7 Å². The van der Waals surface area contributed by atoms with Crippen LogP contribution in [0.1, 0.15) is 19.4 Å². The standard InChI is InChI=1S/C9H13N3O.C8H12O3S/c1-12-4-2-3-7(6-12)5-8(10)9(11)13;1-7-5-3-4-6-8(7,2)12(9,10)11/h2-4,6,8H,5,10H2,1H3,(H-,11,13);3-7H,1-2H3,(H,9,10,11)/t8-;/m0./s1. The quantitative estimate of drug-likeness (QED) is 0.568. The average Bonchev–Trinajstić information content (AvgIpc) is 2.50. The molecule has 1 aromatic rings. The smallest absolute Gasteiger partial charge is 0.234 e. The Morgan fingerprint density at radius 2 is 2.08 bits per heavy atom. The van der Waals surface area contributed by atoms with Crippen LogP contribution in [0, 0.1) is 5.92 Å². The molecule has 0 saturated heterocycles. The number of amides is 1. The molecule has 1 aliphatic carbocycles. The summed E-state index contributed by atoms with van der Waals surface area (Å²) in [6, 6.07) is 3.23. The van der Waals surface area contributed by atoms with Crippen LogP contribution in [0.15, 0.2) is 48.8 Å². The highest BCUT2D eigenvalue weighted by molar-refractivity contribution is 7.87. The minimum atomic E-state index is -4.26. The Kier molecular flexibility index (Phi) is 7.04. The lowest BCUT2D eigenvalue weighted by atomic mass is 9.91. The number of carbonyl (C=O) groups is 1. The number of pyridine rings is 1. The van der Waals surface area contributed by atoms with Crippen molar-refractivity contribution >= 4 is 16.0 Å². The lowest BCUT2D eigenvalue weighted by Gasteiger charge is -2.35. The average molecular weight is 367 g/mol. The molecule has 8 heteroatoms. The Balaban J connectivity index is 0.000000251. The fourth-order valence-electron chi connectivity index (χ4n) is 2.26. The fraction of sp³-hybridized carbons (Fsp3) is 0.412. The molecule has 3 atom stereocenters. The molecule has 2 unspecified atom stereocenters. The van der Waals surface area contributed by atoms with Crippen molar-refractivity contribution in [1.29, 1.82) is 0 Å². The summed E-state index contributed by atoms with van der Waals surface area (Å²) < 4.78 is 33.3. The van der Waals surface area contributed by atoms with Gasteiger partial charge in [-0.25, -0.2) is 13.0 Å². The number of hydrogen-bond acceptors (Lipinski definition) is 5. The van der Waals surface area contributed by atoms with Crippen molar-refractivity contribution in [3.05, 3.63) is 54.4 Å². The van der Waals surface area contributed by atoms with Crippen LogP contribution in [0.4, 0.5) is 0 Å². The minimum absolute atomic E-state index is 0.259. The maximum Gasteiger partial charge on any atom is 0.234 e. The van der Waals surface area contributed by atoms with Crippen molar-refractivity contribution in [3.63, 3.8) is 0 Å². The summed E-state index contributed by atoms with van der Waals surface area (Å²) >= 11 is 0. The second kappa shape index (κ2) is 8.37. The third-order valence-corrected chi connectivity index (χ3v) is 5.79. The van der Waals surface area contributed by atoms with Crippen LogP contribution in [0.25, 0.3) is 0 Å². The number of nitrogens with zero attached hydrogens (tertiary/aromatic N) is 1. The van der Waals surface area contributed by atoms with Crippen molar-refractivity contribution in [1.82, 2.24) is 0 Å². The number of nitrogens with two attached hydrogens (primary N) is 2. The lowest BCUT2D eigenvalue weighted by Crippen LogP contribution is -2.39. The van der Waals surface area contributed by atoms with E-state index in [-0.39, 0.29) is 5.92 Å². The summed E-state index contributed by atoms with van der Waals surface area (Å²) in [5.74, 6) is -0.725. The number of aryl methyl sites for hydroxylation is 1. The maximum absolute atomic E-state index is 10.9. The molecule has 0 radical (unpaired) electrons. The summed E-state index contributed by atoms with van der Waals surface area (Å²) in [6.07, 6.45) is 10.8. The molecular weight excluding hydrogens is 342 g/mol. The van der Waals surface area contributed by atoms with E-state index >= 15 is 0 Å². The maximum atomic E-state index is 10.9. The Morgan fingerprint density at radius 1 is 1.44 bits per heavy atom. The zero-order valence-corrected chi connectivity index (χ0v) is 15.4. The van der Waals surface area contributed by atoms with E-state index in [1.807, 2.05) is 36.1 Å². The first-order valence-electron chi connectivity index (χ1n) is 7.78. The first kappa shape index (κ1) is 21.0. The zero-order valence-electron chi connectivity index (χ0n) is 14.6. The molecule has 7 nitrogen and oxygen atoms in total. The van der Waals surface area contributed by atoms with Crippen molar-refractivity contribution < 1.29 is 22.3 Å². The van der Waals surface area contributed by atoms with Gasteiger partial charge in [0.2, 0.25) is 5.91 Å². The van der Waals surface area contributed by atoms with Crippen molar-refractivity contribution in [2.75, 3.05) is 0 Å². The van der Waals surface area contributed by atoms with E-state index in [9.17, 15) is 17.8 Å². The van der Waals surface area contributed by atoms with Crippen LogP contribution in [0.3, 0.4) is 0 Å². The normalized spacial score (nSPS) is 23.5. The van der Waals surface area contributed by atoms with E-state index in [0.29, 0.717) is 6.42 Å². The van der Waals surface area contributed by atoms with E-state index in [2.05, 4.69) is 0 Å². The first-order chi connectivity index (χ1) is 11.5. The van der Waals surface area contributed by atoms with Gasteiger partial charge in [0.05, 0.1) is 10.8 Å². The van der Waals surface area contributed by atoms with Crippen LogP contribution < -0.4 is 16.0 Å². The Hall–Kier alpha value is -2.03. The van der Waals surface area contributed by atoms with Gasteiger partial charge in [-0.05, 0) is 18.9 Å². The Labute approximate surface area is 148 Å². The molecule has 1 aliphatic rings. The molecule has 138 valence electrons. The highest BCUT2D eigenvalue weighted by Gasteiger charge is 2.34. The summed E-state index contributed by atoms with van der Waals surface area (Å²) in [6.45, 7) is 3.16. The van der Waals surface area contributed by atoms with E-state index < -0.39 is 26.8 Å². The van der Waals surface area contributed by atoms with Gasteiger partial charge in [0.25, 0.3) is 0 Å². The first-order valence-corrected chi connectivity index (χ1v) is 9.18. The topological polar surface area (TPSA) is 130 Å². The number of hydrogen-bond donors (Lipinski definition) is 2. The highest BCUT2D eigenvalue weighted by atomic mass is 32.2. The summed E-state index contributed by atoms with van der Waals surface area (Å²) in [5, 5.41) is 0. The third kappa shape index (κ3) is 5.77. The van der Waals surface area contributed by atoms with E-state index in [0.717, 1.165) is 5.56 Å². The molecule has 0 aliphatic heterocycles. The second-order valence-electron chi connectivity index (χ2n) is 6.26. The monoisotopic (exact) mass is 367 g/mol. The van der Waals surface area contributed by atoms with Crippen molar-refractivity contribution in [2.45, 2.75) is 31.1 Å². The van der Waals surface area contributed by atoms with Gasteiger partial charge >= 0.3 is 0 Å². The van der Waals surface area contributed by atoms with Gasteiger partial charge in [0, 0.05) is 18.1 Å². The molecule has 0 saturated carbocycles. The second-order valence-corrected chi connectivity index (χ2v) is 8.05. The number of allylic oxidation sites excluding steroid dienone is 3. The van der Waals surface area contributed by atoms with Crippen LogP contribution in [0.5, 0.6) is 0 Å². The molecule has 25 heavy (non-hydrogen) atoms. The van der Waals surface area contributed by atoms with Gasteiger partial charge in [-0.15, -0.1) is 0 Å². The Morgan fingerprint density at radius 3 is 2.52 bits per heavy atom. The predicted molar refractivity (Wildman–Crippen MR) is 94.0 cm³/mol. The van der Waals surface area contributed by atoms with E-state index in [1.54, 1.807) is 25.2 Å². The zero-order chi connectivity index (χ0) is 19.3. The molecule has 0 aromatic carbocycles. The molecule has 0 bridgehead atoms. The van der Waals surface area contributed by atoms with Gasteiger partial charge in [0.15, 0.2) is 12.4 Å². The molecule has 1 amide bonds. The molecule has 2 rings (SSSR count). The summed E-state index contributed by atoms with van der Waals surface area (Å²) in [4.78, 5) is 10.7. The van der Waals surface area contributed by atoms with E-state index in [1.165, 1.54) is 13.0 Å². The largest absolute Gasteiger partial charge is 0.747 e. The highest BCUT2D eigenvalue weighted by Crippen LogP contribution is 2.30. The van der Waals surface area contributed by atoms with Crippen molar-refractivity contribution in [3.8, 4) is 0 Å². The SMILES string of the molecule is CC1C=CC=CC1(C)S(=O)(=O)[O-].C[n+]1cccc(C[C@H](N)C(N)=O)c1. The molecule has 1 heterocycles. The Bertz CT molecular complexity index is 774. The van der Waals surface area contributed by atoms with Crippen LogP contribution in [0.2, 0.25) is 0 Å². The van der Waals surface area contributed by atoms with Crippen LogP contribution >= 0.6 is 0 Å². The van der Waals surface area contributed by atoms with Crippen molar-refractivity contribution in [2.24, 2.45) is 24.4 Å². The molecular formula is C17H25N3O4S. The van der Waals surface area contributed by atoms with Gasteiger partial charge in [-0.2, -0.15) is 0 Å². The number of rotatable bonds is 4. The number of primary amides is 1. The number of carbonyl (C=O) groups excluding carboxylic acids is 1. The van der Waals surface area contributed by atoms with Gasteiger partial charge in [-0.1, -0.05) is 31.2 Å². The molecule has 4 N–H and O–H groups in total. The minimum Gasteiger partial charge on any atom is -0.747 e. The van der Waals surface area contributed by atoms with Gasteiger partial charge in [0.1, 0.15) is 17.2 Å². The lowest BCUT2D eigenvalue weighted by molar-refractivity contribution is -0.671. The van der Waals surface area contributed by atoms with Gasteiger partial charge in [-0.3, -0.25) is 4.79 Å². The predicted octanol–water partition coefficient (Wildman–Crippen LogP) is -0.0814.